The zero-order valence-corrected chi connectivity index (χ0v) is 11.9. The molecular weight excluding hydrogens is 268 g/mol. The van der Waals surface area contributed by atoms with Gasteiger partial charge in [0.1, 0.15) is 11.6 Å². The Hall–Kier alpha value is -1.28. The van der Waals surface area contributed by atoms with Gasteiger partial charge in [-0.15, -0.1) is 0 Å². The molecule has 1 atom stereocenters. The Morgan fingerprint density at radius 1 is 1.32 bits per heavy atom. The van der Waals surface area contributed by atoms with Gasteiger partial charge in [0, 0.05) is 11.8 Å². The lowest BCUT2D eigenvalue weighted by molar-refractivity contribution is 0.432. The van der Waals surface area contributed by atoms with Crippen molar-refractivity contribution < 1.29 is 13.0 Å². The number of nitrogens with zero attached hydrogens (tertiary/aromatic N) is 1. The number of rotatable bonds is 6. The topological polar surface area (TPSA) is 40.9 Å². The third-order valence-electron chi connectivity index (χ3n) is 2.82. The van der Waals surface area contributed by atoms with Gasteiger partial charge in [0.15, 0.2) is 0 Å². The summed E-state index contributed by atoms with van der Waals surface area (Å²) in [5.41, 5.74) is -0.386. The maximum absolute atomic E-state index is 13.4. The van der Waals surface area contributed by atoms with Gasteiger partial charge in [-0.3, -0.25) is 4.21 Å². The Balaban J connectivity index is 2.46. The molecule has 0 heterocycles. The largest absolute Gasteiger partial charge is 0.254 e. The first-order valence-corrected chi connectivity index (χ1v) is 7.42. The van der Waals surface area contributed by atoms with Gasteiger partial charge in [0.05, 0.1) is 27.2 Å². The van der Waals surface area contributed by atoms with Crippen molar-refractivity contribution in [3.8, 4) is 6.07 Å². The molecule has 0 N–H and O–H groups in total. The Morgan fingerprint density at radius 3 is 2.58 bits per heavy atom. The van der Waals surface area contributed by atoms with E-state index in [1.807, 2.05) is 13.8 Å². The SMILES string of the molecule is CC(C)(C#N)CCCCS(=O)c1ccc(F)cc1F. The first-order chi connectivity index (χ1) is 8.85. The third kappa shape index (κ3) is 5.07. The van der Waals surface area contributed by atoms with Crippen LogP contribution in [0.15, 0.2) is 23.1 Å². The maximum atomic E-state index is 13.4. The van der Waals surface area contributed by atoms with Crippen LogP contribution >= 0.6 is 0 Å². The molecule has 0 saturated heterocycles. The predicted octanol–water partition coefficient (Wildman–Crippen LogP) is 3.79. The summed E-state index contributed by atoms with van der Waals surface area (Å²) >= 11 is 0. The number of benzene rings is 1. The molecular formula is C14H17F2NOS. The van der Waals surface area contributed by atoms with E-state index in [0.717, 1.165) is 18.6 Å². The van der Waals surface area contributed by atoms with E-state index in [9.17, 15) is 13.0 Å². The second-order valence-corrected chi connectivity index (χ2v) is 6.62. The Kier molecular flexibility index (Phi) is 5.61. The molecule has 0 radical (unpaired) electrons. The van der Waals surface area contributed by atoms with Crippen LogP contribution < -0.4 is 0 Å². The molecule has 0 fully saturated rings. The van der Waals surface area contributed by atoms with Crippen LogP contribution in [0.25, 0.3) is 0 Å². The van der Waals surface area contributed by atoms with E-state index in [4.69, 9.17) is 5.26 Å². The average molecular weight is 285 g/mol. The van der Waals surface area contributed by atoms with Gasteiger partial charge >= 0.3 is 0 Å². The van der Waals surface area contributed by atoms with Crippen molar-refractivity contribution in [2.45, 2.75) is 38.0 Å². The average Bonchev–Trinajstić information content (AvgIpc) is 2.34. The summed E-state index contributed by atoms with van der Waals surface area (Å²) in [6.07, 6.45) is 2.12. The summed E-state index contributed by atoms with van der Waals surface area (Å²) in [7, 11) is -1.46. The molecule has 0 saturated carbocycles. The van der Waals surface area contributed by atoms with Gasteiger partial charge in [-0.2, -0.15) is 5.26 Å². The van der Waals surface area contributed by atoms with Gasteiger partial charge < -0.3 is 0 Å². The number of halogens is 2. The van der Waals surface area contributed by atoms with Crippen molar-refractivity contribution in [3.63, 3.8) is 0 Å². The van der Waals surface area contributed by atoms with Crippen LogP contribution in [-0.4, -0.2) is 9.96 Å². The highest BCUT2D eigenvalue weighted by Crippen LogP contribution is 2.22. The van der Waals surface area contributed by atoms with E-state index >= 15 is 0 Å². The molecule has 104 valence electrons. The Labute approximate surface area is 114 Å². The van der Waals surface area contributed by atoms with Crippen molar-refractivity contribution in [1.82, 2.24) is 0 Å². The van der Waals surface area contributed by atoms with Crippen LogP contribution in [0.1, 0.15) is 33.1 Å². The molecule has 0 aliphatic rings. The van der Waals surface area contributed by atoms with Crippen LogP contribution in [0.4, 0.5) is 8.78 Å². The molecule has 2 nitrogen and oxygen atoms in total. The summed E-state index contributed by atoms with van der Waals surface area (Å²) in [5, 5.41) is 8.85. The van der Waals surface area contributed by atoms with E-state index < -0.39 is 22.4 Å². The lowest BCUT2D eigenvalue weighted by Crippen LogP contribution is -2.08. The van der Waals surface area contributed by atoms with Crippen molar-refractivity contribution in [2.75, 3.05) is 5.75 Å². The maximum Gasteiger partial charge on any atom is 0.142 e. The molecule has 0 aromatic heterocycles. The minimum absolute atomic E-state index is 0.0425. The molecule has 1 aromatic rings. The zero-order valence-electron chi connectivity index (χ0n) is 11.1. The third-order valence-corrected chi connectivity index (χ3v) is 4.30. The van der Waals surface area contributed by atoms with Crippen LogP contribution in [-0.2, 0) is 10.8 Å². The second kappa shape index (κ2) is 6.76. The number of unbranched alkanes of at least 4 members (excludes halogenated alkanes) is 1. The first-order valence-electron chi connectivity index (χ1n) is 6.10. The number of nitriles is 1. The summed E-state index contributed by atoms with van der Waals surface area (Å²) < 4.78 is 38.0. The summed E-state index contributed by atoms with van der Waals surface area (Å²) in [6.45, 7) is 3.70. The molecule has 5 heteroatoms. The van der Waals surface area contributed by atoms with Crippen LogP contribution in [0.2, 0.25) is 0 Å². The van der Waals surface area contributed by atoms with Gasteiger partial charge in [0.25, 0.3) is 0 Å². The quantitative estimate of drug-likeness (QED) is 0.746. The summed E-state index contributed by atoms with van der Waals surface area (Å²) in [6, 6.07) is 5.27. The fraction of sp³-hybridized carbons (Fsp3) is 0.500. The smallest absolute Gasteiger partial charge is 0.142 e. The molecule has 1 aromatic carbocycles. The van der Waals surface area contributed by atoms with E-state index in [2.05, 4.69) is 6.07 Å². The van der Waals surface area contributed by atoms with E-state index in [1.54, 1.807) is 0 Å². The number of hydrogen-bond acceptors (Lipinski definition) is 2. The molecule has 19 heavy (non-hydrogen) atoms. The second-order valence-electron chi connectivity index (χ2n) is 5.08. The highest BCUT2D eigenvalue weighted by Gasteiger charge is 2.16. The molecule has 0 spiro atoms. The van der Waals surface area contributed by atoms with E-state index in [-0.39, 0.29) is 10.3 Å². The fourth-order valence-corrected chi connectivity index (χ4v) is 2.81. The highest BCUT2D eigenvalue weighted by molar-refractivity contribution is 7.85. The van der Waals surface area contributed by atoms with Crippen molar-refractivity contribution >= 4 is 10.8 Å². The zero-order chi connectivity index (χ0) is 14.5. The fourth-order valence-electron chi connectivity index (χ4n) is 1.63. The normalized spacial score (nSPS) is 13.0. The van der Waals surface area contributed by atoms with Crippen molar-refractivity contribution in [2.24, 2.45) is 5.41 Å². The van der Waals surface area contributed by atoms with Gasteiger partial charge in [-0.05, 0) is 38.8 Å². The molecule has 0 bridgehead atoms. The minimum atomic E-state index is -1.46. The monoisotopic (exact) mass is 285 g/mol. The molecule has 0 amide bonds. The number of hydrogen-bond donors (Lipinski definition) is 0. The summed E-state index contributed by atoms with van der Waals surface area (Å²) in [4.78, 5) is 0.0425. The molecule has 0 aliphatic carbocycles. The molecule has 1 rings (SSSR count). The first kappa shape index (κ1) is 15.8. The lowest BCUT2D eigenvalue weighted by atomic mass is 9.89. The van der Waals surface area contributed by atoms with Crippen LogP contribution in [0, 0.1) is 28.4 Å². The lowest BCUT2D eigenvalue weighted by Gasteiger charge is -2.14. The van der Waals surface area contributed by atoms with E-state index in [1.165, 1.54) is 6.07 Å². The van der Waals surface area contributed by atoms with Crippen molar-refractivity contribution in [1.29, 1.82) is 5.26 Å². The highest BCUT2D eigenvalue weighted by atomic mass is 32.2. The predicted molar refractivity (Wildman–Crippen MR) is 70.9 cm³/mol. The Morgan fingerprint density at radius 2 is 2.00 bits per heavy atom. The van der Waals surface area contributed by atoms with E-state index in [0.29, 0.717) is 18.6 Å². The van der Waals surface area contributed by atoms with Gasteiger partial charge in [-0.25, -0.2) is 8.78 Å². The molecule has 1 unspecified atom stereocenters. The van der Waals surface area contributed by atoms with Crippen LogP contribution in [0.3, 0.4) is 0 Å². The van der Waals surface area contributed by atoms with Crippen LogP contribution in [0.5, 0.6) is 0 Å². The van der Waals surface area contributed by atoms with Gasteiger partial charge in [-0.1, -0.05) is 6.42 Å². The standard InChI is InChI=1S/C14H17F2NOS/c1-14(2,10-17)7-3-4-8-19(18)13-6-5-11(15)9-12(13)16/h5-6,9H,3-4,7-8H2,1-2H3. The molecule has 0 aliphatic heterocycles. The Bertz CT molecular complexity index is 509. The summed E-state index contributed by atoms with van der Waals surface area (Å²) in [5.74, 6) is -1.12. The van der Waals surface area contributed by atoms with Crippen molar-refractivity contribution in [3.05, 3.63) is 29.8 Å². The van der Waals surface area contributed by atoms with Gasteiger partial charge in [0.2, 0.25) is 0 Å². The minimum Gasteiger partial charge on any atom is -0.254 e.